The molecule has 0 heterocycles. The largest absolute Gasteiger partial charge is 0.513 e. The molecule has 0 radical (unpaired) electrons. The normalized spacial score (nSPS) is 11.9. The summed E-state index contributed by atoms with van der Waals surface area (Å²) in [7, 11) is 0. The van der Waals surface area contributed by atoms with E-state index in [2.05, 4.69) is 13.8 Å². The van der Waals surface area contributed by atoms with Crippen molar-refractivity contribution in [1.82, 2.24) is 0 Å². The van der Waals surface area contributed by atoms with Gasteiger partial charge in [-0.1, -0.05) is 32.0 Å². The maximum Gasteiger partial charge on any atom is 0.513 e. The van der Waals surface area contributed by atoms with E-state index in [0.29, 0.717) is 11.7 Å². The fraction of sp³-hybridized carbons (Fsp3) is 0.462. The van der Waals surface area contributed by atoms with E-state index in [1.807, 2.05) is 18.2 Å². The van der Waals surface area contributed by atoms with Crippen molar-refractivity contribution in [1.29, 1.82) is 0 Å². The zero-order valence-corrected chi connectivity index (χ0v) is 10.9. The van der Waals surface area contributed by atoms with Gasteiger partial charge in [0.2, 0.25) is 0 Å². The van der Waals surface area contributed by atoms with Crippen LogP contribution in [-0.4, -0.2) is 18.6 Å². The molecule has 0 saturated carbocycles. The smallest absolute Gasteiger partial charge is 0.433 e. The van der Waals surface area contributed by atoms with E-state index in [1.54, 1.807) is 6.07 Å². The molecule has 1 aromatic rings. The van der Waals surface area contributed by atoms with Crippen LogP contribution in [0.4, 0.5) is 4.79 Å². The number of halogens is 1. The second-order valence-electron chi connectivity index (χ2n) is 3.74. The van der Waals surface area contributed by atoms with E-state index < -0.39 is 6.16 Å². The van der Waals surface area contributed by atoms with Crippen molar-refractivity contribution >= 4 is 17.8 Å². The molecular formula is C13H17ClO3. The summed E-state index contributed by atoms with van der Waals surface area (Å²) >= 11 is 5.42. The Kier molecular flexibility index (Phi) is 5.84. The molecule has 17 heavy (non-hydrogen) atoms. The lowest BCUT2D eigenvalue weighted by molar-refractivity contribution is 0.104. The Labute approximate surface area is 107 Å². The van der Waals surface area contributed by atoms with Gasteiger partial charge < -0.3 is 9.47 Å². The molecule has 0 fully saturated rings. The van der Waals surface area contributed by atoms with Crippen molar-refractivity contribution in [3.63, 3.8) is 0 Å². The van der Waals surface area contributed by atoms with Gasteiger partial charge in [0, 0.05) is 0 Å². The first kappa shape index (κ1) is 13.8. The minimum absolute atomic E-state index is 0.159. The summed E-state index contributed by atoms with van der Waals surface area (Å²) in [4.78, 5) is 11.3. The van der Waals surface area contributed by atoms with Crippen LogP contribution in [0.25, 0.3) is 0 Å². The minimum atomic E-state index is -0.707. The van der Waals surface area contributed by atoms with Crippen molar-refractivity contribution in [3.05, 3.63) is 29.8 Å². The van der Waals surface area contributed by atoms with Crippen LogP contribution >= 0.6 is 11.6 Å². The number of hydrogen-bond acceptors (Lipinski definition) is 3. The summed E-state index contributed by atoms with van der Waals surface area (Å²) < 4.78 is 9.92. The summed E-state index contributed by atoms with van der Waals surface area (Å²) in [6.45, 7) is 4.34. The third-order valence-corrected chi connectivity index (χ3v) is 2.71. The number of benzene rings is 1. The van der Waals surface area contributed by atoms with Gasteiger partial charge >= 0.3 is 6.16 Å². The van der Waals surface area contributed by atoms with Gasteiger partial charge in [0.25, 0.3) is 0 Å². The molecule has 0 bridgehead atoms. The molecule has 1 atom stereocenters. The second kappa shape index (κ2) is 7.17. The highest BCUT2D eigenvalue weighted by Crippen LogP contribution is 2.28. The summed E-state index contributed by atoms with van der Waals surface area (Å²) in [5.74, 6) is 1.16. The van der Waals surface area contributed by atoms with E-state index >= 15 is 0 Å². The second-order valence-corrected chi connectivity index (χ2v) is 4.11. The zero-order chi connectivity index (χ0) is 12.7. The third kappa shape index (κ3) is 4.27. The van der Waals surface area contributed by atoms with Gasteiger partial charge in [-0.15, -0.1) is 11.6 Å². The molecule has 0 aliphatic heterocycles. The average Bonchev–Trinajstić information content (AvgIpc) is 2.36. The molecule has 0 aromatic heterocycles. The number of carbonyl (C=O) groups excluding carboxylic acids is 1. The predicted molar refractivity (Wildman–Crippen MR) is 67.8 cm³/mol. The molecule has 3 nitrogen and oxygen atoms in total. The Morgan fingerprint density at radius 3 is 2.76 bits per heavy atom. The van der Waals surface area contributed by atoms with E-state index in [9.17, 15) is 4.79 Å². The van der Waals surface area contributed by atoms with Crippen LogP contribution in [0, 0.1) is 0 Å². The standard InChI is InChI=1S/C13H17ClO3/c1-3-10(2)11-6-4-5-7-12(11)17-13(15)16-9-8-14/h4-7,10H,3,8-9H2,1-2H3. The number of ether oxygens (including phenoxy) is 2. The van der Waals surface area contributed by atoms with Crippen molar-refractivity contribution in [2.45, 2.75) is 26.2 Å². The Balaban J connectivity index is 2.73. The number of alkyl halides is 1. The molecule has 0 saturated heterocycles. The molecule has 4 heteroatoms. The first-order chi connectivity index (χ1) is 8.19. The van der Waals surface area contributed by atoms with E-state index in [1.165, 1.54) is 0 Å². The SMILES string of the molecule is CCC(C)c1ccccc1OC(=O)OCCCl. The highest BCUT2D eigenvalue weighted by molar-refractivity contribution is 6.18. The first-order valence-electron chi connectivity index (χ1n) is 5.68. The van der Waals surface area contributed by atoms with Crippen LogP contribution in [0.3, 0.4) is 0 Å². The van der Waals surface area contributed by atoms with Gasteiger partial charge in [-0.05, 0) is 24.0 Å². The van der Waals surface area contributed by atoms with Crippen molar-refractivity contribution < 1.29 is 14.3 Å². The maximum absolute atomic E-state index is 11.3. The molecule has 0 amide bonds. The molecule has 0 spiro atoms. The van der Waals surface area contributed by atoms with Gasteiger partial charge in [-0.25, -0.2) is 4.79 Å². The molecule has 1 aromatic carbocycles. The molecule has 0 N–H and O–H groups in total. The summed E-state index contributed by atoms with van der Waals surface area (Å²) in [6, 6.07) is 7.48. The van der Waals surface area contributed by atoms with Crippen LogP contribution in [0.15, 0.2) is 24.3 Å². The van der Waals surface area contributed by atoms with E-state index in [0.717, 1.165) is 12.0 Å². The summed E-state index contributed by atoms with van der Waals surface area (Å²) in [5, 5.41) is 0. The highest BCUT2D eigenvalue weighted by Gasteiger charge is 2.13. The molecule has 94 valence electrons. The van der Waals surface area contributed by atoms with Crippen molar-refractivity contribution in [2.75, 3.05) is 12.5 Å². The molecule has 1 unspecified atom stereocenters. The maximum atomic E-state index is 11.3. The minimum Gasteiger partial charge on any atom is -0.433 e. The summed E-state index contributed by atoms with van der Waals surface area (Å²) in [6.07, 6.45) is 0.276. The van der Waals surface area contributed by atoms with Crippen LogP contribution in [0.1, 0.15) is 31.7 Å². The number of para-hydroxylation sites is 1. The van der Waals surface area contributed by atoms with Gasteiger partial charge in [0.1, 0.15) is 12.4 Å². The fourth-order valence-electron chi connectivity index (χ4n) is 1.44. The monoisotopic (exact) mass is 256 g/mol. The van der Waals surface area contributed by atoms with Crippen LogP contribution < -0.4 is 4.74 Å². The lowest BCUT2D eigenvalue weighted by Crippen LogP contribution is -2.13. The Hall–Kier alpha value is -1.22. The predicted octanol–water partition coefficient (Wildman–Crippen LogP) is 3.95. The third-order valence-electron chi connectivity index (χ3n) is 2.55. The Bertz CT molecular complexity index is 365. The molecule has 1 rings (SSSR count). The van der Waals surface area contributed by atoms with Crippen LogP contribution in [0.2, 0.25) is 0 Å². The van der Waals surface area contributed by atoms with Crippen LogP contribution in [0.5, 0.6) is 5.75 Å². The molecule has 0 aliphatic rings. The van der Waals surface area contributed by atoms with Gasteiger partial charge in [-0.2, -0.15) is 0 Å². The fourth-order valence-corrected chi connectivity index (χ4v) is 1.52. The van der Waals surface area contributed by atoms with Crippen molar-refractivity contribution in [2.24, 2.45) is 0 Å². The Morgan fingerprint density at radius 2 is 2.12 bits per heavy atom. The number of rotatable bonds is 5. The first-order valence-corrected chi connectivity index (χ1v) is 6.22. The van der Waals surface area contributed by atoms with Gasteiger partial charge in [-0.3, -0.25) is 0 Å². The molecular weight excluding hydrogens is 240 g/mol. The Morgan fingerprint density at radius 1 is 1.41 bits per heavy atom. The van der Waals surface area contributed by atoms with E-state index in [4.69, 9.17) is 21.1 Å². The van der Waals surface area contributed by atoms with Crippen molar-refractivity contribution in [3.8, 4) is 5.75 Å². The average molecular weight is 257 g/mol. The summed E-state index contributed by atoms with van der Waals surface area (Å²) in [5.41, 5.74) is 1.01. The number of hydrogen-bond donors (Lipinski definition) is 0. The zero-order valence-electron chi connectivity index (χ0n) is 10.1. The van der Waals surface area contributed by atoms with Crippen LogP contribution in [-0.2, 0) is 4.74 Å². The lowest BCUT2D eigenvalue weighted by Gasteiger charge is -2.14. The molecule has 0 aliphatic carbocycles. The lowest BCUT2D eigenvalue weighted by atomic mass is 9.98. The topological polar surface area (TPSA) is 35.5 Å². The highest BCUT2D eigenvalue weighted by atomic mass is 35.5. The quantitative estimate of drug-likeness (QED) is 0.455. The number of carbonyl (C=O) groups is 1. The van der Waals surface area contributed by atoms with Gasteiger partial charge in [0.05, 0.1) is 5.88 Å². The van der Waals surface area contributed by atoms with E-state index in [-0.39, 0.29) is 12.5 Å². The van der Waals surface area contributed by atoms with Gasteiger partial charge in [0.15, 0.2) is 0 Å².